The third kappa shape index (κ3) is 2.40. The van der Waals surface area contributed by atoms with E-state index >= 15 is 0 Å². The van der Waals surface area contributed by atoms with Crippen LogP contribution in [0.15, 0.2) is 16.2 Å². The molecule has 1 atom stereocenters. The first kappa shape index (κ1) is 13.0. The molecular formula is C13H17N3OS2. The quantitative estimate of drug-likeness (QED) is 0.866. The second-order valence-electron chi connectivity index (χ2n) is 5.14. The molecule has 0 spiro atoms. The molecule has 1 aliphatic heterocycles. The lowest BCUT2D eigenvalue weighted by atomic mass is 10.0. The number of nitrogens with zero attached hydrogens (tertiary/aromatic N) is 2. The zero-order valence-corrected chi connectivity index (χ0v) is 12.5. The number of piperidine rings is 1. The van der Waals surface area contributed by atoms with Gasteiger partial charge in [0, 0.05) is 12.6 Å². The number of nitrogens with one attached hydrogen (secondary N) is 1. The average molecular weight is 295 g/mol. The van der Waals surface area contributed by atoms with Crippen molar-refractivity contribution in [3.05, 3.63) is 26.6 Å². The second kappa shape index (κ2) is 5.19. The third-order valence-electron chi connectivity index (χ3n) is 3.91. The van der Waals surface area contributed by atoms with E-state index in [-0.39, 0.29) is 5.56 Å². The first-order valence-corrected chi connectivity index (χ1v) is 7.86. The molecule has 102 valence electrons. The van der Waals surface area contributed by atoms with E-state index in [1.54, 1.807) is 4.57 Å². The summed E-state index contributed by atoms with van der Waals surface area (Å²) in [6.07, 6.45) is 3.63. The first-order valence-electron chi connectivity index (χ1n) is 6.57. The Morgan fingerprint density at radius 3 is 3.16 bits per heavy atom. The molecule has 2 aromatic rings. The Morgan fingerprint density at radius 1 is 1.53 bits per heavy atom. The standard InChI is InChI=1S/C13H17N3OS2/c1-15-6-3-2-4-9(15)8-16-12(17)11-10(5-7-19-11)14-13(16)18/h5,7,9H,2-4,6,8H2,1H3,(H,14,18). The van der Waals surface area contributed by atoms with Crippen LogP contribution in [0.5, 0.6) is 0 Å². The van der Waals surface area contributed by atoms with Gasteiger partial charge in [-0.2, -0.15) is 0 Å². The van der Waals surface area contributed by atoms with Crippen molar-refractivity contribution in [2.45, 2.75) is 31.8 Å². The molecule has 0 saturated carbocycles. The zero-order chi connectivity index (χ0) is 13.4. The van der Waals surface area contributed by atoms with Crippen molar-refractivity contribution in [1.82, 2.24) is 14.5 Å². The number of hydrogen-bond donors (Lipinski definition) is 1. The lowest BCUT2D eigenvalue weighted by Crippen LogP contribution is -2.41. The number of aromatic amines is 1. The predicted octanol–water partition coefficient (Wildman–Crippen LogP) is 2.60. The number of fused-ring (bicyclic) bond motifs is 1. The Balaban J connectivity index is 2.00. The molecule has 1 aliphatic rings. The van der Waals surface area contributed by atoms with Crippen molar-refractivity contribution < 1.29 is 0 Å². The Bertz CT molecular complexity index is 700. The normalized spacial score (nSPS) is 21.0. The van der Waals surface area contributed by atoms with Crippen molar-refractivity contribution in [3.8, 4) is 0 Å². The molecule has 0 radical (unpaired) electrons. The van der Waals surface area contributed by atoms with E-state index in [4.69, 9.17) is 12.2 Å². The molecule has 2 aromatic heterocycles. The molecule has 0 aliphatic carbocycles. The van der Waals surface area contributed by atoms with Crippen LogP contribution in [0.4, 0.5) is 0 Å². The summed E-state index contributed by atoms with van der Waals surface area (Å²) in [4.78, 5) is 17.9. The van der Waals surface area contributed by atoms with Crippen LogP contribution in [-0.4, -0.2) is 34.1 Å². The van der Waals surface area contributed by atoms with Gasteiger partial charge in [0.2, 0.25) is 0 Å². The maximum Gasteiger partial charge on any atom is 0.272 e. The van der Waals surface area contributed by atoms with E-state index < -0.39 is 0 Å². The minimum atomic E-state index is 0.0488. The summed E-state index contributed by atoms with van der Waals surface area (Å²) in [7, 11) is 2.13. The lowest BCUT2D eigenvalue weighted by Gasteiger charge is -2.32. The van der Waals surface area contributed by atoms with Crippen LogP contribution in [0.3, 0.4) is 0 Å². The molecule has 0 bridgehead atoms. The van der Waals surface area contributed by atoms with Gasteiger partial charge in [-0.05, 0) is 50.1 Å². The second-order valence-corrected chi connectivity index (χ2v) is 6.44. The number of rotatable bonds is 2. The van der Waals surface area contributed by atoms with Gasteiger partial charge >= 0.3 is 0 Å². The summed E-state index contributed by atoms with van der Waals surface area (Å²) >= 11 is 6.81. The fourth-order valence-electron chi connectivity index (χ4n) is 2.72. The molecule has 1 fully saturated rings. The summed E-state index contributed by atoms with van der Waals surface area (Å²) < 4.78 is 3.03. The molecule has 4 nitrogen and oxygen atoms in total. The molecular weight excluding hydrogens is 278 g/mol. The van der Waals surface area contributed by atoms with Crippen LogP contribution in [0.25, 0.3) is 10.2 Å². The number of thiophene rings is 1. The van der Waals surface area contributed by atoms with Crippen LogP contribution < -0.4 is 5.56 Å². The highest BCUT2D eigenvalue weighted by atomic mass is 32.1. The maximum atomic E-state index is 12.5. The monoisotopic (exact) mass is 295 g/mol. The van der Waals surface area contributed by atoms with Gasteiger partial charge in [-0.15, -0.1) is 11.3 Å². The molecule has 3 heterocycles. The molecule has 0 aromatic carbocycles. The van der Waals surface area contributed by atoms with Gasteiger partial charge in [-0.1, -0.05) is 6.42 Å². The highest BCUT2D eigenvalue weighted by molar-refractivity contribution is 7.71. The predicted molar refractivity (Wildman–Crippen MR) is 81.5 cm³/mol. The number of likely N-dealkylation sites (tertiary alicyclic amines) is 1. The summed E-state index contributed by atoms with van der Waals surface area (Å²) in [5, 5.41) is 1.93. The number of hydrogen-bond acceptors (Lipinski definition) is 4. The van der Waals surface area contributed by atoms with E-state index in [2.05, 4.69) is 16.9 Å². The van der Waals surface area contributed by atoms with Gasteiger partial charge in [-0.25, -0.2) is 0 Å². The number of H-pyrrole nitrogens is 1. The summed E-state index contributed by atoms with van der Waals surface area (Å²) in [5.74, 6) is 0. The highest BCUT2D eigenvalue weighted by Gasteiger charge is 2.20. The van der Waals surface area contributed by atoms with Gasteiger partial charge in [0.15, 0.2) is 4.77 Å². The minimum absolute atomic E-state index is 0.0488. The molecule has 0 amide bonds. The molecule has 6 heteroatoms. The third-order valence-corrected chi connectivity index (χ3v) is 5.13. The van der Waals surface area contributed by atoms with E-state index in [9.17, 15) is 4.79 Å². The highest BCUT2D eigenvalue weighted by Crippen LogP contribution is 2.18. The van der Waals surface area contributed by atoms with Crippen molar-refractivity contribution in [3.63, 3.8) is 0 Å². The summed E-state index contributed by atoms with van der Waals surface area (Å²) in [6.45, 7) is 1.80. The van der Waals surface area contributed by atoms with Crippen molar-refractivity contribution in [2.24, 2.45) is 0 Å². The van der Waals surface area contributed by atoms with Crippen molar-refractivity contribution >= 4 is 33.8 Å². The van der Waals surface area contributed by atoms with Crippen LogP contribution in [0.1, 0.15) is 19.3 Å². The Morgan fingerprint density at radius 2 is 2.37 bits per heavy atom. The van der Waals surface area contributed by atoms with Crippen molar-refractivity contribution in [1.29, 1.82) is 0 Å². The summed E-state index contributed by atoms with van der Waals surface area (Å²) in [5.41, 5.74) is 0.904. The largest absolute Gasteiger partial charge is 0.331 e. The van der Waals surface area contributed by atoms with E-state index in [1.165, 1.54) is 24.2 Å². The van der Waals surface area contributed by atoms with E-state index in [0.29, 0.717) is 17.4 Å². The van der Waals surface area contributed by atoms with Gasteiger partial charge in [0.05, 0.1) is 5.52 Å². The molecule has 3 rings (SSSR count). The van der Waals surface area contributed by atoms with Crippen LogP contribution in [0.2, 0.25) is 0 Å². The van der Waals surface area contributed by atoms with Gasteiger partial charge in [-0.3, -0.25) is 9.36 Å². The van der Waals surface area contributed by atoms with Crippen LogP contribution in [-0.2, 0) is 6.54 Å². The Labute approximate surface area is 120 Å². The van der Waals surface area contributed by atoms with E-state index in [0.717, 1.165) is 23.2 Å². The maximum absolute atomic E-state index is 12.5. The number of likely N-dealkylation sites (N-methyl/N-ethyl adjacent to an activating group) is 1. The Hall–Kier alpha value is -0.980. The van der Waals surface area contributed by atoms with Gasteiger partial charge in [0.25, 0.3) is 5.56 Å². The smallest absolute Gasteiger partial charge is 0.272 e. The van der Waals surface area contributed by atoms with Crippen LogP contribution >= 0.6 is 23.6 Å². The zero-order valence-electron chi connectivity index (χ0n) is 10.9. The topological polar surface area (TPSA) is 41.0 Å². The SMILES string of the molecule is CN1CCCCC1Cn1c(=S)[nH]c2ccsc2c1=O. The first-order chi connectivity index (χ1) is 9.16. The molecule has 1 saturated heterocycles. The fourth-order valence-corrected chi connectivity index (χ4v) is 3.79. The van der Waals surface area contributed by atoms with Crippen molar-refractivity contribution in [2.75, 3.05) is 13.6 Å². The van der Waals surface area contributed by atoms with Gasteiger partial charge < -0.3 is 9.88 Å². The van der Waals surface area contributed by atoms with Crippen LogP contribution in [0, 0.1) is 4.77 Å². The number of aromatic nitrogens is 2. The molecule has 1 N–H and O–H groups in total. The lowest BCUT2D eigenvalue weighted by molar-refractivity contribution is 0.165. The average Bonchev–Trinajstić information content (AvgIpc) is 2.84. The fraction of sp³-hybridized carbons (Fsp3) is 0.538. The Kier molecular flexibility index (Phi) is 3.56. The summed E-state index contributed by atoms with van der Waals surface area (Å²) in [6, 6.07) is 2.33. The molecule has 1 unspecified atom stereocenters. The minimum Gasteiger partial charge on any atom is -0.331 e. The molecule has 19 heavy (non-hydrogen) atoms. The van der Waals surface area contributed by atoms with Gasteiger partial charge in [0.1, 0.15) is 4.70 Å². The van der Waals surface area contributed by atoms with E-state index in [1.807, 2.05) is 11.4 Å².